The predicted octanol–water partition coefficient (Wildman–Crippen LogP) is 2.94. The molecule has 1 atom stereocenters. The van der Waals surface area contributed by atoms with E-state index in [9.17, 15) is 9.90 Å². The average Bonchev–Trinajstić information content (AvgIpc) is 3.36. The minimum atomic E-state index is -0.673. The van der Waals surface area contributed by atoms with Crippen molar-refractivity contribution in [3.8, 4) is 11.8 Å². The van der Waals surface area contributed by atoms with Crippen molar-refractivity contribution < 1.29 is 19.4 Å². The van der Waals surface area contributed by atoms with Gasteiger partial charge < -0.3 is 30.1 Å². The third-order valence-electron chi connectivity index (χ3n) is 7.36. The van der Waals surface area contributed by atoms with Crippen LogP contribution in [0.5, 0.6) is 11.8 Å². The molecule has 4 rings (SSSR count). The number of carbonyl (C=O) groups excluding carboxylic acids is 1. The molecule has 0 spiro atoms. The van der Waals surface area contributed by atoms with Gasteiger partial charge in [0.25, 0.3) is 0 Å². The summed E-state index contributed by atoms with van der Waals surface area (Å²) in [6.07, 6.45) is 5.28. The number of fused-ring (bicyclic) bond motifs is 1. The fraction of sp³-hybridized carbons (Fsp3) is 0.630. The van der Waals surface area contributed by atoms with E-state index in [2.05, 4.69) is 61.6 Å². The summed E-state index contributed by atoms with van der Waals surface area (Å²) in [5.74, 6) is 1.45. The highest BCUT2D eigenvalue weighted by molar-refractivity contribution is 5.86. The largest absolute Gasteiger partial charge is 0.495 e. The van der Waals surface area contributed by atoms with Crippen LogP contribution in [0.3, 0.4) is 0 Å². The van der Waals surface area contributed by atoms with Gasteiger partial charge in [0, 0.05) is 37.7 Å². The maximum Gasteiger partial charge on any atom is 0.414 e. The van der Waals surface area contributed by atoms with Gasteiger partial charge in [0.15, 0.2) is 5.82 Å². The summed E-state index contributed by atoms with van der Waals surface area (Å²) in [6.45, 7) is 8.94. The number of aromatic nitrogens is 6. The van der Waals surface area contributed by atoms with Gasteiger partial charge in [-0.25, -0.2) is 4.79 Å². The van der Waals surface area contributed by atoms with Crippen LogP contribution in [0.2, 0.25) is 0 Å². The SMILES string of the molecule is CCC[C@@H](CCO)Nc1nc(OC(=O)NC)nc2cnn(Cc3nnc(C4CCN(C(C)C)CC4)cc3OC)c12. The van der Waals surface area contributed by atoms with Gasteiger partial charge in [0.1, 0.15) is 22.5 Å². The molecule has 0 unspecified atom stereocenters. The molecule has 3 aromatic rings. The van der Waals surface area contributed by atoms with Crippen LogP contribution in [0.15, 0.2) is 12.3 Å². The van der Waals surface area contributed by atoms with Crippen molar-refractivity contribution in [1.82, 2.24) is 40.2 Å². The summed E-state index contributed by atoms with van der Waals surface area (Å²) < 4.78 is 12.7. The zero-order valence-electron chi connectivity index (χ0n) is 24.1. The van der Waals surface area contributed by atoms with E-state index in [4.69, 9.17) is 9.47 Å². The summed E-state index contributed by atoms with van der Waals surface area (Å²) in [5, 5.41) is 29.1. The molecular formula is C27H41N9O4. The Morgan fingerprint density at radius 2 is 1.98 bits per heavy atom. The second kappa shape index (κ2) is 13.7. The van der Waals surface area contributed by atoms with Crippen LogP contribution in [0.4, 0.5) is 10.6 Å². The molecule has 1 amide bonds. The second-order valence-electron chi connectivity index (χ2n) is 10.4. The van der Waals surface area contributed by atoms with Crippen molar-refractivity contribution in [2.24, 2.45) is 0 Å². The van der Waals surface area contributed by atoms with Crippen LogP contribution in [-0.2, 0) is 6.54 Å². The van der Waals surface area contributed by atoms with Crippen LogP contribution in [0.25, 0.3) is 11.0 Å². The third kappa shape index (κ3) is 6.94. The highest BCUT2D eigenvalue weighted by atomic mass is 16.6. The van der Waals surface area contributed by atoms with E-state index in [1.165, 1.54) is 7.05 Å². The van der Waals surface area contributed by atoms with Crippen molar-refractivity contribution in [3.63, 3.8) is 0 Å². The standard InChI is InChI=1S/C27H41N9O4/c1-6-7-19(10-13-37)30-25-24-21(31-26(32-25)40-27(38)28-4)15-29-36(24)16-22-23(39-5)14-20(33-34-22)18-8-11-35(12-9-18)17(2)3/h14-15,17-19,37H,6-13,16H2,1-5H3,(H,28,38)(H,30,31,32)/t19-/m0/s1. The molecule has 40 heavy (non-hydrogen) atoms. The minimum Gasteiger partial charge on any atom is -0.495 e. The van der Waals surface area contributed by atoms with Gasteiger partial charge >= 0.3 is 12.1 Å². The number of piperidine rings is 1. The van der Waals surface area contributed by atoms with E-state index in [0.717, 1.165) is 44.5 Å². The summed E-state index contributed by atoms with van der Waals surface area (Å²) in [7, 11) is 3.10. The Morgan fingerprint density at radius 1 is 1.20 bits per heavy atom. The normalized spacial score (nSPS) is 15.4. The van der Waals surface area contributed by atoms with Crippen molar-refractivity contribution >= 4 is 22.9 Å². The first-order valence-electron chi connectivity index (χ1n) is 14.0. The molecule has 1 fully saturated rings. The molecule has 0 aromatic carbocycles. The average molecular weight is 556 g/mol. The molecule has 0 radical (unpaired) electrons. The molecule has 0 aliphatic carbocycles. The highest BCUT2D eigenvalue weighted by Gasteiger charge is 2.25. The van der Waals surface area contributed by atoms with Crippen molar-refractivity contribution in [1.29, 1.82) is 0 Å². The first-order chi connectivity index (χ1) is 19.4. The number of likely N-dealkylation sites (tertiary alicyclic amines) is 1. The van der Waals surface area contributed by atoms with E-state index < -0.39 is 6.09 Å². The van der Waals surface area contributed by atoms with Crippen molar-refractivity contribution in [2.75, 3.05) is 39.2 Å². The van der Waals surface area contributed by atoms with Crippen molar-refractivity contribution in [3.05, 3.63) is 23.7 Å². The van der Waals surface area contributed by atoms with Gasteiger partial charge in [0.2, 0.25) is 0 Å². The van der Waals surface area contributed by atoms with E-state index in [1.807, 2.05) is 6.07 Å². The number of hydrogen-bond donors (Lipinski definition) is 3. The molecule has 1 aliphatic rings. The quantitative estimate of drug-likeness (QED) is 0.302. The Labute approximate surface area is 234 Å². The van der Waals surface area contributed by atoms with Crippen LogP contribution in [-0.4, -0.2) is 92.0 Å². The summed E-state index contributed by atoms with van der Waals surface area (Å²) in [5.41, 5.74) is 2.70. The molecule has 0 bridgehead atoms. The number of ether oxygens (including phenoxy) is 2. The Morgan fingerprint density at radius 3 is 2.62 bits per heavy atom. The predicted molar refractivity (Wildman–Crippen MR) is 151 cm³/mol. The second-order valence-corrected chi connectivity index (χ2v) is 10.4. The van der Waals surface area contributed by atoms with Gasteiger partial charge in [-0.15, -0.1) is 5.10 Å². The molecule has 3 N–H and O–H groups in total. The summed E-state index contributed by atoms with van der Waals surface area (Å²) >= 11 is 0. The number of methoxy groups -OCH3 is 1. The van der Waals surface area contributed by atoms with E-state index in [0.29, 0.717) is 46.7 Å². The molecule has 0 saturated carbocycles. The highest BCUT2D eigenvalue weighted by Crippen LogP contribution is 2.31. The third-order valence-corrected chi connectivity index (χ3v) is 7.36. The molecule has 13 heteroatoms. The first-order valence-corrected chi connectivity index (χ1v) is 14.0. The zero-order chi connectivity index (χ0) is 28.6. The van der Waals surface area contributed by atoms with Crippen molar-refractivity contribution in [2.45, 2.75) is 77.4 Å². The lowest BCUT2D eigenvalue weighted by Gasteiger charge is -2.34. The Balaban J connectivity index is 1.64. The van der Waals surface area contributed by atoms with Gasteiger partial charge in [-0.05, 0) is 52.6 Å². The van der Waals surface area contributed by atoms with Gasteiger partial charge in [-0.2, -0.15) is 20.2 Å². The number of amides is 1. The van der Waals surface area contributed by atoms with Crippen LogP contribution in [0, 0.1) is 0 Å². The number of aliphatic hydroxyl groups excluding tert-OH is 1. The smallest absolute Gasteiger partial charge is 0.414 e. The first kappa shape index (κ1) is 29.4. The molecule has 1 aliphatic heterocycles. The Bertz CT molecular complexity index is 1270. The molecular weight excluding hydrogens is 514 g/mol. The number of aliphatic hydroxyl groups is 1. The number of nitrogens with zero attached hydrogens (tertiary/aromatic N) is 7. The van der Waals surface area contributed by atoms with Crippen LogP contribution >= 0.6 is 0 Å². The topological polar surface area (TPSA) is 152 Å². The Kier molecular flexibility index (Phi) is 10.0. The van der Waals surface area contributed by atoms with Gasteiger partial charge in [-0.1, -0.05) is 13.3 Å². The lowest BCUT2D eigenvalue weighted by atomic mass is 9.92. The van der Waals surface area contributed by atoms with Gasteiger partial charge in [0.05, 0.1) is 25.5 Å². The van der Waals surface area contributed by atoms with E-state index >= 15 is 0 Å². The maximum absolute atomic E-state index is 11.8. The van der Waals surface area contributed by atoms with E-state index in [1.54, 1.807) is 18.0 Å². The molecule has 4 heterocycles. The maximum atomic E-state index is 11.8. The molecule has 13 nitrogen and oxygen atoms in total. The number of hydrogen-bond acceptors (Lipinski definition) is 11. The number of anilines is 1. The number of nitrogens with one attached hydrogen (secondary N) is 2. The molecule has 1 saturated heterocycles. The fourth-order valence-electron chi connectivity index (χ4n) is 5.12. The lowest BCUT2D eigenvalue weighted by molar-refractivity contribution is 0.170. The fourth-order valence-corrected chi connectivity index (χ4v) is 5.12. The zero-order valence-corrected chi connectivity index (χ0v) is 24.1. The minimum absolute atomic E-state index is 0.0301. The number of rotatable bonds is 12. The lowest BCUT2D eigenvalue weighted by Crippen LogP contribution is -2.38. The van der Waals surface area contributed by atoms with Gasteiger partial charge in [-0.3, -0.25) is 4.68 Å². The van der Waals surface area contributed by atoms with E-state index in [-0.39, 0.29) is 25.2 Å². The summed E-state index contributed by atoms with van der Waals surface area (Å²) in [4.78, 5) is 23.2. The summed E-state index contributed by atoms with van der Waals surface area (Å²) in [6, 6.07) is 2.40. The monoisotopic (exact) mass is 555 g/mol. The molecule has 218 valence electrons. The number of carbonyl (C=O) groups is 1. The van der Waals surface area contributed by atoms with Crippen LogP contribution < -0.4 is 20.1 Å². The van der Waals surface area contributed by atoms with Crippen LogP contribution in [0.1, 0.15) is 70.2 Å². The Hall–Kier alpha value is -3.58. The molecule has 3 aromatic heterocycles.